The number of nitrogens with zero attached hydrogens (tertiary/aromatic N) is 1. The van der Waals surface area contributed by atoms with E-state index in [0.29, 0.717) is 11.4 Å². The van der Waals surface area contributed by atoms with Gasteiger partial charge in [0.1, 0.15) is 4.90 Å². The van der Waals surface area contributed by atoms with Crippen LogP contribution < -0.4 is 14.8 Å². The number of halogens is 1. The van der Waals surface area contributed by atoms with Crippen LogP contribution in [0, 0.1) is 0 Å². The van der Waals surface area contributed by atoms with Crippen molar-refractivity contribution in [3.63, 3.8) is 0 Å². The summed E-state index contributed by atoms with van der Waals surface area (Å²) in [6, 6.07) is 17.6. The summed E-state index contributed by atoms with van der Waals surface area (Å²) in [5, 5.41) is 4.43. The average molecular weight is 549 g/mol. The lowest BCUT2D eigenvalue weighted by Crippen LogP contribution is -2.16. The number of aromatic nitrogens is 1. The number of carbonyl (C=O) groups is 1. The Morgan fingerprint density at radius 1 is 0.829 bits per heavy atom. The number of benzene rings is 3. The van der Waals surface area contributed by atoms with Crippen molar-refractivity contribution in [2.45, 2.75) is 9.79 Å². The summed E-state index contributed by atoms with van der Waals surface area (Å²) >= 11 is 7.25. The van der Waals surface area contributed by atoms with Gasteiger partial charge in [0.15, 0.2) is 5.13 Å². The van der Waals surface area contributed by atoms with Crippen molar-refractivity contribution >= 4 is 65.4 Å². The van der Waals surface area contributed by atoms with Crippen molar-refractivity contribution < 1.29 is 21.6 Å². The van der Waals surface area contributed by atoms with Crippen LogP contribution in [0.15, 0.2) is 94.2 Å². The van der Waals surface area contributed by atoms with Gasteiger partial charge in [-0.2, -0.15) is 0 Å². The zero-order valence-electron chi connectivity index (χ0n) is 17.7. The first-order valence-electron chi connectivity index (χ1n) is 9.85. The van der Waals surface area contributed by atoms with Gasteiger partial charge in [0, 0.05) is 28.5 Å². The van der Waals surface area contributed by atoms with Crippen molar-refractivity contribution in [1.82, 2.24) is 4.98 Å². The van der Waals surface area contributed by atoms with Crippen LogP contribution in [0.3, 0.4) is 0 Å². The van der Waals surface area contributed by atoms with Gasteiger partial charge in [0.2, 0.25) is 0 Å². The third-order valence-corrected chi connectivity index (χ3v) is 8.62. The molecule has 0 saturated carbocycles. The smallest absolute Gasteiger partial charge is 0.263 e. The molecule has 0 aliphatic rings. The number of hydrogen-bond acceptors (Lipinski definition) is 7. The lowest BCUT2D eigenvalue weighted by atomic mass is 10.2. The van der Waals surface area contributed by atoms with Crippen LogP contribution in [-0.2, 0) is 20.0 Å². The van der Waals surface area contributed by atoms with E-state index < -0.39 is 26.0 Å². The summed E-state index contributed by atoms with van der Waals surface area (Å²) in [4.78, 5) is 16.4. The minimum Gasteiger partial charge on any atom is -0.322 e. The quantitative estimate of drug-likeness (QED) is 0.293. The molecule has 180 valence electrons. The number of para-hydroxylation sites is 1. The second kappa shape index (κ2) is 10.0. The van der Waals surface area contributed by atoms with Crippen molar-refractivity contribution in [1.29, 1.82) is 0 Å². The summed E-state index contributed by atoms with van der Waals surface area (Å²) in [6.45, 7) is 0. The van der Waals surface area contributed by atoms with Crippen LogP contribution in [0.2, 0.25) is 5.02 Å². The van der Waals surface area contributed by atoms with E-state index in [1.807, 2.05) is 0 Å². The molecule has 3 aromatic carbocycles. The van der Waals surface area contributed by atoms with Gasteiger partial charge in [-0.1, -0.05) is 29.8 Å². The summed E-state index contributed by atoms with van der Waals surface area (Å²) in [7, 11) is -7.89. The molecule has 0 spiro atoms. The fourth-order valence-corrected chi connectivity index (χ4v) is 6.31. The molecule has 4 rings (SSSR count). The maximum absolute atomic E-state index is 12.8. The molecule has 1 aromatic heterocycles. The minimum absolute atomic E-state index is 0.0162. The van der Waals surface area contributed by atoms with Gasteiger partial charge < -0.3 is 5.32 Å². The highest BCUT2D eigenvalue weighted by atomic mass is 35.5. The highest BCUT2D eigenvalue weighted by molar-refractivity contribution is 7.93. The Labute approximate surface area is 210 Å². The number of anilines is 3. The van der Waals surface area contributed by atoms with Crippen molar-refractivity contribution in [2.24, 2.45) is 0 Å². The second-order valence-corrected chi connectivity index (χ2v) is 11.7. The topological polar surface area (TPSA) is 134 Å². The van der Waals surface area contributed by atoms with E-state index in [1.165, 1.54) is 48.7 Å². The summed E-state index contributed by atoms with van der Waals surface area (Å²) < 4.78 is 55.3. The molecule has 0 atom stereocenters. The van der Waals surface area contributed by atoms with Crippen molar-refractivity contribution in [2.75, 3.05) is 14.8 Å². The normalized spacial score (nSPS) is 11.6. The lowest BCUT2D eigenvalue weighted by Gasteiger charge is -2.12. The van der Waals surface area contributed by atoms with E-state index in [0.717, 1.165) is 11.3 Å². The Bertz CT molecular complexity index is 1560. The first-order valence-corrected chi connectivity index (χ1v) is 14.1. The number of amides is 1. The Kier molecular flexibility index (Phi) is 7.08. The highest BCUT2D eigenvalue weighted by Crippen LogP contribution is 2.26. The van der Waals surface area contributed by atoms with Crippen molar-refractivity contribution in [3.8, 4) is 0 Å². The summed E-state index contributed by atoms with van der Waals surface area (Å²) in [5.74, 6) is -0.602. The number of thiazole rings is 1. The van der Waals surface area contributed by atoms with E-state index >= 15 is 0 Å². The average Bonchev–Trinajstić information content (AvgIpc) is 3.32. The molecule has 0 aliphatic heterocycles. The van der Waals surface area contributed by atoms with Gasteiger partial charge in [-0.05, 0) is 54.6 Å². The van der Waals surface area contributed by atoms with Crippen molar-refractivity contribution in [3.05, 3.63) is 95.0 Å². The molecule has 1 heterocycles. The lowest BCUT2D eigenvalue weighted by molar-refractivity contribution is 0.102. The molecule has 35 heavy (non-hydrogen) atoms. The van der Waals surface area contributed by atoms with Gasteiger partial charge in [0.25, 0.3) is 26.0 Å². The maximum Gasteiger partial charge on any atom is 0.263 e. The number of nitrogens with one attached hydrogen (secondary N) is 3. The molecule has 1 amide bonds. The molecule has 0 saturated heterocycles. The molecule has 0 aliphatic carbocycles. The van der Waals surface area contributed by atoms with E-state index in [-0.39, 0.29) is 25.5 Å². The predicted molar refractivity (Wildman–Crippen MR) is 136 cm³/mol. The Morgan fingerprint density at radius 3 is 2.20 bits per heavy atom. The Hall–Kier alpha value is -3.45. The zero-order valence-corrected chi connectivity index (χ0v) is 20.9. The van der Waals surface area contributed by atoms with E-state index in [4.69, 9.17) is 11.6 Å². The molecule has 13 heteroatoms. The zero-order chi connectivity index (χ0) is 25.1. The van der Waals surface area contributed by atoms with Crippen LogP contribution in [-0.4, -0.2) is 27.7 Å². The Balaban J connectivity index is 1.50. The monoisotopic (exact) mass is 548 g/mol. The summed E-state index contributed by atoms with van der Waals surface area (Å²) in [5.41, 5.74) is 0.702. The van der Waals surface area contributed by atoms with Crippen LogP contribution in [0.1, 0.15) is 10.4 Å². The number of rotatable bonds is 8. The van der Waals surface area contributed by atoms with Gasteiger partial charge in [0.05, 0.1) is 9.92 Å². The fraction of sp³-hybridized carbons (Fsp3) is 0. The van der Waals surface area contributed by atoms with E-state index in [9.17, 15) is 21.6 Å². The number of hydrogen-bond donors (Lipinski definition) is 3. The van der Waals surface area contributed by atoms with Crippen LogP contribution >= 0.6 is 22.9 Å². The van der Waals surface area contributed by atoms with Crippen LogP contribution in [0.5, 0.6) is 0 Å². The number of sulfonamides is 2. The molecule has 4 aromatic rings. The largest absolute Gasteiger partial charge is 0.322 e. The molecule has 3 N–H and O–H groups in total. The SMILES string of the molecule is O=C(Nc1ccc(S(=O)(=O)Nc2nccs2)cc1)c1ccc(Cl)c(S(=O)(=O)Nc2ccccc2)c1. The Morgan fingerprint density at radius 2 is 1.54 bits per heavy atom. The molecule has 0 bridgehead atoms. The van der Waals surface area contributed by atoms with Gasteiger partial charge in [-0.25, -0.2) is 21.8 Å². The molecule has 0 unspecified atom stereocenters. The molecular weight excluding hydrogens is 532 g/mol. The fourth-order valence-electron chi connectivity index (χ4n) is 2.94. The molecule has 0 radical (unpaired) electrons. The summed E-state index contributed by atoms with van der Waals surface area (Å²) in [6.07, 6.45) is 1.48. The van der Waals surface area contributed by atoms with E-state index in [2.05, 4.69) is 19.7 Å². The van der Waals surface area contributed by atoms with E-state index in [1.54, 1.807) is 35.7 Å². The van der Waals surface area contributed by atoms with Gasteiger partial charge >= 0.3 is 0 Å². The third-order valence-electron chi connectivity index (χ3n) is 4.59. The second-order valence-electron chi connectivity index (χ2n) is 7.04. The number of carbonyl (C=O) groups excluding carboxylic acids is 1. The maximum atomic E-state index is 12.8. The third kappa shape index (κ3) is 5.98. The molecule has 9 nitrogen and oxygen atoms in total. The highest BCUT2D eigenvalue weighted by Gasteiger charge is 2.21. The molecule has 0 fully saturated rings. The van der Waals surface area contributed by atoms with Gasteiger partial charge in [-0.3, -0.25) is 14.2 Å². The standard InChI is InChI=1S/C22H17ClN4O5S3/c23-19-11-6-15(14-20(19)35(31,32)26-17-4-2-1-3-5-17)21(28)25-16-7-9-18(10-8-16)34(29,30)27-22-24-12-13-33-22/h1-14,26H,(H,24,27)(H,25,28). The van der Waals surface area contributed by atoms with Gasteiger partial charge in [-0.15, -0.1) is 11.3 Å². The predicted octanol–water partition coefficient (Wildman–Crippen LogP) is 4.65. The first-order chi connectivity index (χ1) is 16.6. The van der Waals surface area contributed by atoms with Crippen LogP contribution in [0.25, 0.3) is 0 Å². The minimum atomic E-state index is -4.06. The molecular formula is C22H17ClN4O5S3. The first kappa shape index (κ1) is 24.7. The van der Waals surface area contributed by atoms with Crippen LogP contribution in [0.4, 0.5) is 16.5 Å².